The van der Waals surface area contributed by atoms with Gasteiger partial charge in [0.15, 0.2) is 0 Å². The van der Waals surface area contributed by atoms with Gasteiger partial charge in [0, 0.05) is 0 Å². The van der Waals surface area contributed by atoms with E-state index in [2.05, 4.69) is 4.74 Å². The van der Waals surface area contributed by atoms with Crippen LogP contribution in [0.15, 0.2) is 30.3 Å². The summed E-state index contributed by atoms with van der Waals surface area (Å²) in [5, 5.41) is 55.7. The van der Waals surface area contributed by atoms with Crippen LogP contribution in [0.1, 0.15) is 10.4 Å². The summed E-state index contributed by atoms with van der Waals surface area (Å²) in [4.78, 5) is 11.6. The van der Waals surface area contributed by atoms with E-state index in [4.69, 9.17) is 10.2 Å². The first-order valence-corrected chi connectivity index (χ1v) is 6.15. The van der Waals surface area contributed by atoms with Crippen LogP contribution in [0.4, 0.5) is 0 Å². The minimum absolute atomic E-state index is 0. The monoisotopic (exact) mass is 326 g/mol. The Morgan fingerprint density at radius 2 is 1.50 bits per heavy atom. The fraction of sp³-hybridized carbons (Fsp3) is 0.462. The van der Waals surface area contributed by atoms with Gasteiger partial charge in [-0.3, -0.25) is 0 Å². The molecule has 120 valence electrons. The number of hydrogen-bond donors (Lipinski definition) is 6. The maximum atomic E-state index is 11.6. The number of benzene rings is 1. The molecule has 1 aromatic carbocycles. The Morgan fingerprint density at radius 1 is 0.955 bits per heavy atom. The summed E-state index contributed by atoms with van der Waals surface area (Å²) in [5.74, 6) is -0.938. The predicted octanol–water partition coefficient (Wildman–Crippen LogP) is -3.05. The van der Waals surface area contributed by atoms with Crippen LogP contribution in [0.25, 0.3) is 0 Å². The second kappa shape index (κ2) is 10.3. The van der Waals surface area contributed by atoms with Gasteiger partial charge in [-0.05, 0) is 12.1 Å². The molecule has 8 nitrogen and oxygen atoms in total. The Balaban J connectivity index is 0.00000441. The zero-order valence-electron chi connectivity index (χ0n) is 11.0. The van der Waals surface area contributed by atoms with Gasteiger partial charge in [0.2, 0.25) is 6.29 Å². The summed E-state index contributed by atoms with van der Waals surface area (Å²) >= 11 is 0. The van der Waals surface area contributed by atoms with Gasteiger partial charge >= 0.3 is 35.5 Å². The van der Waals surface area contributed by atoms with Crippen molar-refractivity contribution in [2.75, 3.05) is 6.61 Å². The molecule has 0 bridgehead atoms. The van der Waals surface area contributed by atoms with Crippen molar-refractivity contribution in [3.8, 4) is 0 Å². The summed E-state index contributed by atoms with van der Waals surface area (Å²) in [6.07, 6.45) is -9.84. The zero-order chi connectivity index (χ0) is 16.0. The molecule has 0 saturated carbocycles. The molecule has 1 aromatic rings. The van der Waals surface area contributed by atoms with E-state index in [1.165, 1.54) is 12.1 Å². The molecule has 0 aromatic heterocycles. The summed E-state index contributed by atoms with van der Waals surface area (Å²) in [6.45, 7) is -0.856. The molecule has 0 aliphatic carbocycles. The number of rotatable bonds is 7. The third-order valence-corrected chi connectivity index (χ3v) is 2.81. The molecule has 0 fully saturated rings. The first-order chi connectivity index (χ1) is 9.88. The minimum atomic E-state index is -2.12. The third-order valence-electron chi connectivity index (χ3n) is 2.81. The molecule has 0 aliphatic heterocycles. The van der Waals surface area contributed by atoms with Crippen molar-refractivity contribution in [1.82, 2.24) is 0 Å². The molecular formula is C13H19NaO8. The summed E-state index contributed by atoms with van der Waals surface area (Å²) in [6, 6.07) is 7.63. The molecule has 0 heterocycles. The Labute approximate surface area is 148 Å². The normalized spacial score (nSPS) is 17.5. The first-order valence-electron chi connectivity index (χ1n) is 6.15. The number of hydrogen-bond acceptors (Lipinski definition) is 8. The quantitative estimate of drug-likeness (QED) is 0.176. The molecule has 1 rings (SSSR count). The number of carbonyl (C=O) groups is 1. The Kier molecular flexibility index (Phi) is 10.0. The van der Waals surface area contributed by atoms with Gasteiger partial charge in [-0.15, -0.1) is 0 Å². The van der Waals surface area contributed by atoms with Crippen molar-refractivity contribution in [1.29, 1.82) is 0 Å². The molecule has 0 amide bonds. The third kappa shape index (κ3) is 5.92. The number of ether oxygens (including phenoxy) is 1. The first kappa shape index (κ1) is 21.4. The van der Waals surface area contributed by atoms with Crippen molar-refractivity contribution in [2.24, 2.45) is 0 Å². The summed E-state index contributed by atoms with van der Waals surface area (Å²) in [5.41, 5.74) is 0.120. The van der Waals surface area contributed by atoms with Crippen LogP contribution in [-0.2, 0) is 4.74 Å². The van der Waals surface area contributed by atoms with E-state index in [1.54, 1.807) is 18.2 Å². The number of aliphatic hydroxyl groups excluding tert-OH is 6. The average Bonchev–Trinajstić information content (AvgIpc) is 2.52. The SMILES string of the molecule is O=C(OC(O)[C@H](O)[C@@H](O)[C@H](O)[C@H](O)CO)c1ccccc1.[NaH]. The van der Waals surface area contributed by atoms with Gasteiger partial charge in [0.25, 0.3) is 0 Å². The summed E-state index contributed by atoms with van der Waals surface area (Å²) in [7, 11) is 0. The van der Waals surface area contributed by atoms with Crippen molar-refractivity contribution < 1.29 is 40.2 Å². The molecule has 0 spiro atoms. The second-order valence-electron chi connectivity index (χ2n) is 4.38. The fourth-order valence-corrected chi connectivity index (χ4v) is 1.53. The number of esters is 1. The van der Waals surface area contributed by atoms with Crippen molar-refractivity contribution in [3.05, 3.63) is 35.9 Å². The zero-order valence-corrected chi connectivity index (χ0v) is 11.0. The van der Waals surface area contributed by atoms with Gasteiger partial charge < -0.3 is 35.4 Å². The Hall–Kier alpha value is -0.550. The van der Waals surface area contributed by atoms with Crippen molar-refractivity contribution in [3.63, 3.8) is 0 Å². The van der Waals surface area contributed by atoms with E-state index in [0.29, 0.717) is 0 Å². The molecule has 0 radical (unpaired) electrons. The topological polar surface area (TPSA) is 148 Å². The van der Waals surface area contributed by atoms with E-state index in [0.717, 1.165) is 0 Å². The fourth-order valence-electron chi connectivity index (χ4n) is 1.53. The van der Waals surface area contributed by atoms with Crippen LogP contribution >= 0.6 is 0 Å². The van der Waals surface area contributed by atoms with Crippen LogP contribution in [0.2, 0.25) is 0 Å². The van der Waals surface area contributed by atoms with Gasteiger partial charge in [-0.25, -0.2) is 4.79 Å². The van der Waals surface area contributed by atoms with Crippen LogP contribution in [0, 0.1) is 0 Å². The molecule has 9 heteroatoms. The molecule has 1 unspecified atom stereocenters. The maximum absolute atomic E-state index is 11.6. The Bertz CT molecular complexity index is 443. The molecule has 6 N–H and O–H groups in total. The molecule has 22 heavy (non-hydrogen) atoms. The predicted molar refractivity (Wildman–Crippen MR) is 76.1 cm³/mol. The standard InChI is InChI=1S/C13H18O8.Na.H/c14-6-8(15)9(16)10(17)11(18)13(20)21-12(19)7-4-2-1-3-5-7;;/h1-5,8-11,13-18,20H,6H2;;/t8-,9-,10+,11-,13?;;/m1../s1. The van der Waals surface area contributed by atoms with Gasteiger partial charge in [0.1, 0.15) is 24.4 Å². The van der Waals surface area contributed by atoms with Crippen molar-refractivity contribution in [2.45, 2.75) is 30.7 Å². The van der Waals surface area contributed by atoms with E-state index < -0.39 is 43.3 Å². The van der Waals surface area contributed by atoms with Crippen molar-refractivity contribution >= 4 is 35.5 Å². The van der Waals surface area contributed by atoms with Gasteiger partial charge in [0.05, 0.1) is 12.2 Å². The van der Waals surface area contributed by atoms with Crippen LogP contribution in [0.5, 0.6) is 0 Å². The van der Waals surface area contributed by atoms with Crippen LogP contribution in [-0.4, -0.2) is 103 Å². The van der Waals surface area contributed by atoms with Gasteiger partial charge in [-0.1, -0.05) is 18.2 Å². The number of aliphatic hydroxyl groups is 6. The number of carbonyl (C=O) groups excluding carboxylic acids is 1. The van der Waals surface area contributed by atoms with Crippen LogP contribution < -0.4 is 0 Å². The average molecular weight is 326 g/mol. The Morgan fingerprint density at radius 3 is 2.00 bits per heavy atom. The molecule has 0 aliphatic rings. The van der Waals surface area contributed by atoms with E-state index in [-0.39, 0.29) is 35.1 Å². The molecule has 0 saturated heterocycles. The van der Waals surface area contributed by atoms with E-state index >= 15 is 0 Å². The van der Waals surface area contributed by atoms with E-state index in [1.807, 2.05) is 0 Å². The van der Waals surface area contributed by atoms with E-state index in [9.17, 15) is 25.2 Å². The second-order valence-corrected chi connectivity index (χ2v) is 4.38. The summed E-state index contributed by atoms with van der Waals surface area (Å²) < 4.78 is 4.53. The van der Waals surface area contributed by atoms with Gasteiger partial charge in [-0.2, -0.15) is 0 Å². The molecule has 5 atom stereocenters. The van der Waals surface area contributed by atoms with Crippen LogP contribution in [0.3, 0.4) is 0 Å². The molecular weight excluding hydrogens is 307 g/mol.